The van der Waals surface area contributed by atoms with Gasteiger partial charge in [0.25, 0.3) is 0 Å². The fourth-order valence-corrected chi connectivity index (χ4v) is 3.18. The van der Waals surface area contributed by atoms with E-state index in [1.54, 1.807) is 7.11 Å². The highest BCUT2D eigenvalue weighted by atomic mass is 28.4. The minimum Gasteiger partial charge on any atom is -0.409 e. The van der Waals surface area contributed by atoms with Crippen molar-refractivity contribution in [2.45, 2.75) is 70.2 Å². The lowest BCUT2D eigenvalue weighted by atomic mass is 10.1. The van der Waals surface area contributed by atoms with E-state index in [1.165, 1.54) is 0 Å². The highest BCUT2D eigenvalue weighted by Crippen LogP contribution is 2.39. The van der Waals surface area contributed by atoms with Crippen molar-refractivity contribution in [2.24, 2.45) is 0 Å². The van der Waals surface area contributed by atoms with Gasteiger partial charge in [0.2, 0.25) is 0 Å². The Morgan fingerprint density at radius 1 is 1.28 bits per heavy atom. The van der Waals surface area contributed by atoms with Crippen molar-refractivity contribution in [2.75, 3.05) is 13.7 Å². The zero-order chi connectivity index (χ0) is 14.0. The van der Waals surface area contributed by atoms with E-state index < -0.39 is 8.32 Å². The Morgan fingerprint density at radius 2 is 1.89 bits per heavy atom. The van der Waals surface area contributed by atoms with E-state index in [2.05, 4.69) is 33.9 Å². The molecule has 1 N–H and O–H groups in total. The maximum absolute atomic E-state index is 9.14. The first-order valence-electron chi connectivity index (χ1n) is 6.68. The van der Waals surface area contributed by atoms with Crippen molar-refractivity contribution >= 4 is 8.32 Å². The van der Waals surface area contributed by atoms with Crippen LogP contribution in [0.5, 0.6) is 0 Å². The molecule has 1 saturated heterocycles. The Labute approximate surface area is 112 Å². The Balaban J connectivity index is 2.66. The molecule has 0 aromatic carbocycles. The SMILES string of the molecule is COC1OC(CO)CCC1O[Si](C)(C)C(C)(C)C. The molecule has 3 unspecified atom stereocenters. The van der Waals surface area contributed by atoms with Crippen LogP contribution in [0.1, 0.15) is 33.6 Å². The summed E-state index contributed by atoms with van der Waals surface area (Å²) in [6.45, 7) is 11.2. The van der Waals surface area contributed by atoms with Gasteiger partial charge in [-0.25, -0.2) is 0 Å². The molecule has 18 heavy (non-hydrogen) atoms. The monoisotopic (exact) mass is 276 g/mol. The molecule has 1 fully saturated rings. The van der Waals surface area contributed by atoms with Gasteiger partial charge in [-0.05, 0) is 31.0 Å². The van der Waals surface area contributed by atoms with E-state index in [0.29, 0.717) is 0 Å². The van der Waals surface area contributed by atoms with Gasteiger partial charge >= 0.3 is 0 Å². The molecule has 0 bridgehead atoms. The molecule has 0 radical (unpaired) electrons. The van der Waals surface area contributed by atoms with Gasteiger partial charge in [-0.2, -0.15) is 0 Å². The average Bonchev–Trinajstić information content (AvgIpc) is 2.27. The fourth-order valence-electron chi connectivity index (χ4n) is 1.84. The normalized spacial score (nSPS) is 30.5. The van der Waals surface area contributed by atoms with Gasteiger partial charge in [0.1, 0.15) is 0 Å². The van der Waals surface area contributed by atoms with E-state index in [9.17, 15) is 0 Å². The average molecular weight is 276 g/mol. The maximum Gasteiger partial charge on any atom is 0.192 e. The van der Waals surface area contributed by atoms with Crippen molar-refractivity contribution < 1.29 is 19.0 Å². The van der Waals surface area contributed by atoms with Crippen LogP contribution in [0.2, 0.25) is 18.1 Å². The van der Waals surface area contributed by atoms with Crippen LogP contribution in [0.25, 0.3) is 0 Å². The Bertz CT molecular complexity index is 262. The van der Waals surface area contributed by atoms with E-state index in [1.807, 2.05) is 0 Å². The highest BCUT2D eigenvalue weighted by Gasteiger charge is 2.42. The minimum absolute atomic E-state index is 0.0151. The maximum atomic E-state index is 9.14. The zero-order valence-electron chi connectivity index (χ0n) is 12.5. The quantitative estimate of drug-likeness (QED) is 0.802. The molecule has 5 heteroatoms. The second-order valence-electron chi connectivity index (χ2n) is 6.54. The Hall–Kier alpha value is 0.0569. The van der Waals surface area contributed by atoms with Crippen LogP contribution in [0, 0.1) is 0 Å². The first-order valence-corrected chi connectivity index (χ1v) is 9.59. The molecule has 0 aromatic rings. The predicted molar refractivity (Wildman–Crippen MR) is 74.1 cm³/mol. The molecule has 1 rings (SSSR count). The predicted octanol–water partition coefficient (Wildman–Crippen LogP) is 2.52. The molecule has 3 atom stereocenters. The molecular formula is C13H28O4Si. The summed E-state index contributed by atoms with van der Waals surface area (Å²) in [4.78, 5) is 0. The van der Waals surface area contributed by atoms with Crippen LogP contribution in [0.4, 0.5) is 0 Å². The van der Waals surface area contributed by atoms with Gasteiger partial charge in [-0.1, -0.05) is 20.8 Å². The van der Waals surface area contributed by atoms with Gasteiger partial charge in [0, 0.05) is 7.11 Å². The summed E-state index contributed by atoms with van der Waals surface area (Å²) in [6, 6.07) is 0. The van der Waals surface area contributed by atoms with Crippen LogP contribution in [0.15, 0.2) is 0 Å². The molecule has 1 aliphatic heterocycles. The van der Waals surface area contributed by atoms with Crippen LogP contribution in [0.3, 0.4) is 0 Å². The number of aliphatic hydroxyl groups is 1. The van der Waals surface area contributed by atoms with Gasteiger partial charge in [-0.15, -0.1) is 0 Å². The summed E-state index contributed by atoms with van der Waals surface area (Å²) in [7, 11) is -0.174. The summed E-state index contributed by atoms with van der Waals surface area (Å²) >= 11 is 0. The van der Waals surface area contributed by atoms with Crippen LogP contribution in [-0.2, 0) is 13.9 Å². The fraction of sp³-hybridized carbons (Fsp3) is 1.00. The van der Waals surface area contributed by atoms with Crippen molar-refractivity contribution in [1.82, 2.24) is 0 Å². The van der Waals surface area contributed by atoms with E-state index in [0.717, 1.165) is 12.8 Å². The first-order chi connectivity index (χ1) is 8.21. The number of ether oxygens (including phenoxy) is 2. The summed E-state index contributed by atoms with van der Waals surface area (Å²) in [6.07, 6.45) is 1.23. The molecule has 1 aliphatic rings. The molecule has 108 valence electrons. The Kier molecular flexibility index (Phi) is 5.38. The summed E-state index contributed by atoms with van der Waals surface area (Å²) in [5, 5.41) is 9.32. The second kappa shape index (κ2) is 6.01. The lowest BCUT2D eigenvalue weighted by molar-refractivity contribution is -0.230. The molecule has 0 aromatic heterocycles. The smallest absolute Gasteiger partial charge is 0.192 e. The topological polar surface area (TPSA) is 47.9 Å². The van der Waals surface area contributed by atoms with Crippen LogP contribution in [-0.4, -0.2) is 45.6 Å². The Morgan fingerprint density at radius 3 is 2.33 bits per heavy atom. The largest absolute Gasteiger partial charge is 0.409 e. The zero-order valence-corrected chi connectivity index (χ0v) is 13.5. The third-order valence-corrected chi connectivity index (χ3v) is 8.60. The van der Waals surface area contributed by atoms with Crippen molar-refractivity contribution in [3.63, 3.8) is 0 Å². The van der Waals surface area contributed by atoms with Gasteiger partial charge in [0.15, 0.2) is 14.6 Å². The van der Waals surface area contributed by atoms with E-state index in [4.69, 9.17) is 19.0 Å². The molecule has 0 spiro atoms. The van der Waals surface area contributed by atoms with Crippen LogP contribution >= 0.6 is 0 Å². The van der Waals surface area contributed by atoms with Crippen LogP contribution < -0.4 is 0 Å². The summed E-state index contributed by atoms with van der Waals surface area (Å²) in [5.41, 5.74) is 0. The number of rotatable bonds is 4. The third-order valence-electron chi connectivity index (χ3n) is 4.09. The number of aliphatic hydroxyl groups excluding tert-OH is 1. The van der Waals surface area contributed by atoms with Gasteiger partial charge < -0.3 is 19.0 Å². The van der Waals surface area contributed by atoms with Crippen molar-refractivity contribution in [3.05, 3.63) is 0 Å². The number of methoxy groups -OCH3 is 1. The lowest BCUT2D eigenvalue weighted by Crippen LogP contribution is -2.51. The van der Waals surface area contributed by atoms with Gasteiger partial charge in [0.05, 0.1) is 18.8 Å². The molecule has 0 aliphatic carbocycles. The van der Waals surface area contributed by atoms with E-state index in [-0.39, 0.29) is 30.1 Å². The second-order valence-corrected chi connectivity index (χ2v) is 11.3. The molecule has 1 heterocycles. The molecule has 4 nitrogen and oxygen atoms in total. The standard InChI is InChI=1S/C13H28O4Si/c1-13(2,3)18(5,6)17-11-8-7-10(9-14)16-12(11)15-4/h10-12,14H,7-9H2,1-6H3. The van der Waals surface area contributed by atoms with E-state index >= 15 is 0 Å². The molecule has 0 amide bonds. The highest BCUT2D eigenvalue weighted by molar-refractivity contribution is 6.74. The number of hydrogen-bond donors (Lipinski definition) is 1. The molecule has 0 saturated carbocycles. The molecular weight excluding hydrogens is 248 g/mol. The van der Waals surface area contributed by atoms with Gasteiger partial charge in [-0.3, -0.25) is 0 Å². The lowest BCUT2D eigenvalue weighted by Gasteiger charge is -2.43. The summed E-state index contributed by atoms with van der Waals surface area (Å²) < 4.78 is 17.4. The minimum atomic E-state index is -1.81. The number of hydrogen-bond acceptors (Lipinski definition) is 4. The first kappa shape index (κ1) is 16.1. The van der Waals surface area contributed by atoms with Crippen molar-refractivity contribution in [3.8, 4) is 0 Å². The van der Waals surface area contributed by atoms with Crippen molar-refractivity contribution in [1.29, 1.82) is 0 Å². The third kappa shape index (κ3) is 3.77. The summed E-state index contributed by atoms with van der Waals surface area (Å²) in [5.74, 6) is 0.